The highest BCUT2D eigenvalue weighted by Gasteiger charge is 2.64. The van der Waals surface area contributed by atoms with Crippen LogP contribution < -0.4 is 5.43 Å². The van der Waals surface area contributed by atoms with E-state index in [-0.39, 0.29) is 33.2 Å². The minimum atomic E-state index is -0.129. The number of hydrazone groups is 1. The second kappa shape index (κ2) is 6.09. The van der Waals surface area contributed by atoms with Crippen LogP contribution in [0.4, 0.5) is 0 Å². The van der Waals surface area contributed by atoms with Gasteiger partial charge in [0.15, 0.2) is 0 Å². The van der Waals surface area contributed by atoms with Gasteiger partial charge in [0.1, 0.15) is 16.0 Å². The topological polar surface area (TPSA) is 81.9 Å². The van der Waals surface area contributed by atoms with Gasteiger partial charge >= 0.3 is 0 Å². The van der Waals surface area contributed by atoms with E-state index in [2.05, 4.69) is 49.3 Å². The van der Waals surface area contributed by atoms with E-state index in [1.54, 1.807) is 0 Å². The number of nitrogens with zero attached hydrogens (tertiary/aromatic N) is 1. The highest BCUT2D eigenvalue weighted by atomic mass is 79.9. The first kappa shape index (κ1) is 16.8. The quantitative estimate of drug-likeness (QED) is 0.487. The van der Waals surface area contributed by atoms with Crippen LogP contribution in [0.3, 0.4) is 0 Å². The van der Waals surface area contributed by atoms with Gasteiger partial charge in [0.2, 0.25) is 5.91 Å². The summed E-state index contributed by atoms with van der Waals surface area (Å²) in [5.41, 5.74) is 3.12. The maximum Gasteiger partial charge on any atom is 0.244 e. The predicted molar refractivity (Wildman–Crippen MR) is 94.5 cm³/mol. The molecule has 0 unspecified atom stereocenters. The van der Waals surface area contributed by atoms with E-state index >= 15 is 0 Å². The van der Waals surface area contributed by atoms with Gasteiger partial charge in [-0.3, -0.25) is 4.79 Å². The SMILES string of the molecule is C[C@]12CCCC[C@H]1[C@@H]2C(=O)N/N=C\c1cc(Br)c(O)c(Br)c1O. The molecule has 2 aliphatic carbocycles. The van der Waals surface area contributed by atoms with Crippen LogP contribution in [0.2, 0.25) is 0 Å². The Labute approximate surface area is 151 Å². The number of phenols is 2. The van der Waals surface area contributed by atoms with E-state index in [9.17, 15) is 15.0 Å². The minimum absolute atomic E-state index is 0.0490. The number of hydrogen-bond acceptors (Lipinski definition) is 4. The van der Waals surface area contributed by atoms with Crippen molar-refractivity contribution in [2.45, 2.75) is 32.6 Å². The maximum absolute atomic E-state index is 12.3. The van der Waals surface area contributed by atoms with E-state index in [0.717, 1.165) is 12.8 Å². The van der Waals surface area contributed by atoms with Crippen LogP contribution in [0.25, 0.3) is 0 Å². The molecule has 3 rings (SSSR count). The van der Waals surface area contributed by atoms with Crippen molar-refractivity contribution in [2.75, 3.05) is 0 Å². The highest BCUT2D eigenvalue weighted by molar-refractivity contribution is 9.11. The molecular weight excluding hydrogens is 428 g/mol. The number of benzene rings is 1. The summed E-state index contributed by atoms with van der Waals surface area (Å²) in [6.07, 6.45) is 6.01. The number of carbonyl (C=O) groups excluding carboxylic acids is 1. The predicted octanol–water partition coefficient (Wildman–Crippen LogP) is 3.90. The van der Waals surface area contributed by atoms with E-state index in [4.69, 9.17) is 0 Å². The molecule has 1 aromatic rings. The van der Waals surface area contributed by atoms with Crippen LogP contribution >= 0.6 is 31.9 Å². The van der Waals surface area contributed by atoms with Gasteiger partial charge in [0.25, 0.3) is 0 Å². The zero-order valence-electron chi connectivity index (χ0n) is 12.6. The molecule has 0 aliphatic heterocycles. The molecule has 0 radical (unpaired) electrons. The second-order valence-electron chi connectivity index (χ2n) is 6.53. The Morgan fingerprint density at radius 1 is 1.39 bits per heavy atom. The van der Waals surface area contributed by atoms with Gasteiger partial charge in [-0.25, -0.2) is 5.43 Å². The fourth-order valence-corrected chi connectivity index (χ4v) is 4.95. The first-order valence-electron chi connectivity index (χ1n) is 7.59. The lowest BCUT2D eigenvalue weighted by Gasteiger charge is -2.15. The van der Waals surface area contributed by atoms with Crippen LogP contribution in [0, 0.1) is 17.3 Å². The average molecular weight is 446 g/mol. The first-order chi connectivity index (χ1) is 10.9. The molecule has 3 N–H and O–H groups in total. The molecule has 2 saturated carbocycles. The van der Waals surface area contributed by atoms with Crippen LogP contribution in [0.1, 0.15) is 38.2 Å². The number of phenolic OH excluding ortho intramolecular Hbond substituents is 2. The third-order valence-electron chi connectivity index (χ3n) is 5.19. The van der Waals surface area contributed by atoms with E-state index < -0.39 is 0 Å². The Kier molecular flexibility index (Phi) is 4.44. The van der Waals surface area contributed by atoms with Crippen LogP contribution in [-0.4, -0.2) is 22.3 Å². The number of amides is 1. The standard InChI is InChI=1S/C16H18Br2N2O3/c1-16-5-3-2-4-9(16)11(16)15(23)20-19-7-8-6-10(17)14(22)12(18)13(8)21/h6-7,9,11,21-22H,2-5H2,1H3,(H,20,23)/b19-7-/t9-,11+,16-/m0/s1. The zero-order valence-corrected chi connectivity index (χ0v) is 15.8. The molecule has 1 aromatic carbocycles. The number of carbonyl (C=O) groups is 1. The normalized spacial score (nSPS) is 29.3. The number of fused-ring (bicyclic) bond motifs is 1. The van der Waals surface area contributed by atoms with Crippen molar-refractivity contribution in [2.24, 2.45) is 22.4 Å². The van der Waals surface area contributed by atoms with Crippen molar-refractivity contribution in [3.8, 4) is 11.5 Å². The van der Waals surface area contributed by atoms with Gasteiger partial charge in [-0.2, -0.15) is 5.10 Å². The molecule has 0 saturated heterocycles. The van der Waals surface area contributed by atoms with E-state index in [1.807, 2.05) is 0 Å². The number of rotatable bonds is 3. The molecule has 124 valence electrons. The van der Waals surface area contributed by atoms with Crippen molar-refractivity contribution in [1.82, 2.24) is 5.43 Å². The van der Waals surface area contributed by atoms with Crippen LogP contribution in [0.15, 0.2) is 20.1 Å². The summed E-state index contributed by atoms with van der Waals surface area (Å²) in [6.45, 7) is 2.19. The van der Waals surface area contributed by atoms with Gasteiger partial charge in [0.05, 0.1) is 10.7 Å². The summed E-state index contributed by atoms with van der Waals surface area (Å²) in [4.78, 5) is 12.3. The molecule has 0 heterocycles. The smallest absolute Gasteiger partial charge is 0.244 e. The fraction of sp³-hybridized carbons (Fsp3) is 0.500. The molecule has 2 aliphatic rings. The summed E-state index contributed by atoms with van der Waals surface area (Å²) in [7, 11) is 0. The lowest BCUT2D eigenvalue weighted by atomic mass is 9.90. The average Bonchev–Trinajstić information content (AvgIpc) is 3.15. The molecule has 1 amide bonds. The third-order valence-corrected chi connectivity index (χ3v) is 6.55. The summed E-state index contributed by atoms with van der Waals surface area (Å²) < 4.78 is 0.607. The lowest BCUT2D eigenvalue weighted by molar-refractivity contribution is -0.123. The fourth-order valence-electron chi connectivity index (χ4n) is 3.80. The van der Waals surface area contributed by atoms with Gasteiger partial charge in [-0.15, -0.1) is 0 Å². The van der Waals surface area contributed by atoms with Gasteiger partial charge in [-0.05, 0) is 62.1 Å². The summed E-state index contributed by atoms with van der Waals surface area (Å²) in [5, 5.41) is 23.6. The van der Waals surface area contributed by atoms with Crippen molar-refractivity contribution in [3.05, 3.63) is 20.6 Å². The molecular formula is C16H18Br2N2O3. The Balaban J connectivity index is 1.67. The molecule has 0 bridgehead atoms. The maximum atomic E-state index is 12.3. The third kappa shape index (κ3) is 2.89. The number of halogens is 2. The Morgan fingerprint density at radius 2 is 2.13 bits per heavy atom. The van der Waals surface area contributed by atoms with Crippen molar-refractivity contribution in [1.29, 1.82) is 0 Å². The van der Waals surface area contributed by atoms with E-state index in [1.165, 1.54) is 25.1 Å². The van der Waals surface area contributed by atoms with Crippen molar-refractivity contribution < 1.29 is 15.0 Å². The Hall–Kier alpha value is -1.08. The molecule has 7 heteroatoms. The summed E-state index contributed by atoms with van der Waals surface area (Å²) in [6, 6.07) is 1.53. The van der Waals surface area contributed by atoms with Gasteiger partial charge in [0, 0.05) is 11.5 Å². The minimum Gasteiger partial charge on any atom is -0.506 e. The molecule has 3 atom stereocenters. The van der Waals surface area contributed by atoms with E-state index in [0.29, 0.717) is 16.0 Å². The number of aromatic hydroxyl groups is 2. The van der Waals surface area contributed by atoms with Gasteiger partial charge in [-0.1, -0.05) is 19.8 Å². The molecule has 23 heavy (non-hydrogen) atoms. The Morgan fingerprint density at radius 3 is 2.78 bits per heavy atom. The second-order valence-corrected chi connectivity index (χ2v) is 8.18. The van der Waals surface area contributed by atoms with Crippen molar-refractivity contribution in [3.63, 3.8) is 0 Å². The summed E-state index contributed by atoms with van der Waals surface area (Å²) in [5.74, 6) is 0.271. The molecule has 0 spiro atoms. The monoisotopic (exact) mass is 444 g/mol. The van der Waals surface area contributed by atoms with Crippen LogP contribution in [-0.2, 0) is 4.79 Å². The molecule has 2 fully saturated rings. The van der Waals surface area contributed by atoms with Crippen LogP contribution in [0.5, 0.6) is 11.5 Å². The van der Waals surface area contributed by atoms with Crippen molar-refractivity contribution >= 4 is 44.0 Å². The molecule has 5 nitrogen and oxygen atoms in total. The Bertz CT molecular complexity index is 692. The first-order valence-corrected chi connectivity index (χ1v) is 9.17. The highest BCUT2D eigenvalue weighted by Crippen LogP contribution is 2.66. The lowest BCUT2D eigenvalue weighted by Crippen LogP contribution is -2.22. The number of nitrogens with one attached hydrogen (secondary N) is 1. The largest absolute Gasteiger partial charge is 0.506 e. The van der Waals surface area contributed by atoms with Gasteiger partial charge < -0.3 is 10.2 Å². The number of hydrogen-bond donors (Lipinski definition) is 3. The zero-order chi connectivity index (χ0) is 16.8. The molecule has 0 aromatic heterocycles. The summed E-state index contributed by atoms with van der Waals surface area (Å²) >= 11 is 6.30.